The highest BCUT2D eigenvalue weighted by Gasteiger charge is 2.20. The lowest BCUT2D eigenvalue weighted by molar-refractivity contribution is 0.0934. The van der Waals surface area contributed by atoms with Crippen LogP contribution in [-0.4, -0.2) is 11.1 Å². The molecule has 3 aromatic rings. The summed E-state index contributed by atoms with van der Waals surface area (Å²) < 4.78 is 4.95. The molecule has 0 aliphatic rings. The molecule has 0 saturated heterocycles. The second-order valence-corrected chi connectivity index (χ2v) is 6.21. The number of nitrogens with one attached hydrogen (secondary N) is 1. The highest BCUT2D eigenvalue weighted by Crippen LogP contribution is 2.27. The average Bonchev–Trinajstić information content (AvgIpc) is 3.17. The van der Waals surface area contributed by atoms with Crippen molar-refractivity contribution in [3.63, 3.8) is 0 Å². The summed E-state index contributed by atoms with van der Waals surface area (Å²) >= 11 is 7.52. The minimum Gasteiger partial charge on any atom is -0.361 e. The molecule has 3 rings (SSSR count). The lowest BCUT2D eigenvalue weighted by atomic mass is 10.1. The van der Waals surface area contributed by atoms with Crippen molar-refractivity contribution < 1.29 is 9.32 Å². The molecule has 0 saturated carbocycles. The van der Waals surface area contributed by atoms with Crippen LogP contribution >= 0.6 is 22.9 Å². The van der Waals surface area contributed by atoms with Crippen molar-refractivity contribution in [2.24, 2.45) is 0 Å². The third kappa shape index (κ3) is 3.21. The predicted octanol–water partition coefficient (Wildman–Crippen LogP) is 4.22. The number of benzene rings is 1. The first-order valence-corrected chi connectivity index (χ1v) is 7.92. The van der Waals surface area contributed by atoms with Crippen molar-refractivity contribution in [2.75, 3.05) is 0 Å². The number of carbonyl (C=O) groups is 1. The van der Waals surface area contributed by atoms with E-state index >= 15 is 0 Å². The SMILES string of the molecule is Cc1cc(C(=O)NC(c2ccc(Cl)cc2)c2cccs2)no1. The molecule has 0 fully saturated rings. The zero-order valence-corrected chi connectivity index (χ0v) is 13.3. The van der Waals surface area contributed by atoms with E-state index in [1.54, 1.807) is 24.3 Å². The summed E-state index contributed by atoms with van der Waals surface area (Å²) in [6.07, 6.45) is 0. The molecular formula is C16H13ClN2O2S. The van der Waals surface area contributed by atoms with Crippen LogP contribution in [0.2, 0.25) is 5.02 Å². The van der Waals surface area contributed by atoms with E-state index in [9.17, 15) is 4.79 Å². The first-order valence-electron chi connectivity index (χ1n) is 6.66. The van der Waals surface area contributed by atoms with Crippen molar-refractivity contribution in [1.82, 2.24) is 10.5 Å². The van der Waals surface area contributed by atoms with Crippen LogP contribution in [0.5, 0.6) is 0 Å². The maximum absolute atomic E-state index is 12.3. The van der Waals surface area contributed by atoms with Gasteiger partial charge >= 0.3 is 0 Å². The maximum Gasteiger partial charge on any atom is 0.274 e. The maximum atomic E-state index is 12.3. The fourth-order valence-corrected chi connectivity index (χ4v) is 3.04. The molecule has 1 atom stereocenters. The molecule has 112 valence electrons. The molecule has 2 heterocycles. The standard InChI is InChI=1S/C16H13ClN2O2S/c1-10-9-13(19-21-10)16(20)18-15(14-3-2-8-22-14)11-4-6-12(17)7-5-11/h2-9,15H,1H3,(H,18,20). The zero-order chi connectivity index (χ0) is 15.5. The number of amides is 1. The Labute approximate surface area is 136 Å². The van der Waals surface area contributed by atoms with E-state index in [1.807, 2.05) is 41.8 Å². The van der Waals surface area contributed by atoms with Crippen LogP contribution in [0.1, 0.15) is 32.7 Å². The number of hydrogen-bond donors (Lipinski definition) is 1. The van der Waals surface area contributed by atoms with Gasteiger partial charge in [-0.25, -0.2) is 0 Å². The molecule has 4 nitrogen and oxygen atoms in total. The van der Waals surface area contributed by atoms with E-state index in [1.165, 1.54) is 0 Å². The first kappa shape index (κ1) is 14.8. The summed E-state index contributed by atoms with van der Waals surface area (Å²) in [5.41, 5.74) is 1.23. The number of rotatable bonds is 4. The molecular weight excluding hydrogens is 320 g/mol. The monoisotopic (exact) mass is 332 g/mol. The summed E-state index contributed by atoms with van der Waals surface area (Å²) in [6.45, 7) is 1.75. The molecule has 1 unspecified atom stereocenters. The van der Waals surface area contributed by atoms with Crippen LogP contribution in [0.4, 0.5) is 0 Å². The summed E-state index contributed by atoms with van der Waals surface area (Å²) in [6, 6.07) is 12.7. The van der Waals surface area contributed by atoms with Gasteiger partial charge in [-0.15, -0.1) is 11.3 Å². The van der Waals surface area contributed by atoms with E-state index in [2.05, 4.69) is 10.5 Å². The molecule has 6 heteroatoms. The van der Waals surface area contributed by atoms with Gasteiger partial charge < -0.3 is 9.84 Å². The summed E-state index contributed by atoms with van der Waals surface area (Å²) in [5.74, 6) is 0.328. The number of thiophene rings is 1. The van der Waals surface area contributed by atoms with Crippen LogP contribution in [0.15, 0.2) is 52.4 Å². The average molecular weight is 333 g/mol. The number of halogens is 1. The quantitative estimate of drug-likeness (QED) is 0.778. The Morgan fingerprint density at radius 1 is 1.32 bits per heavy atom. The Balaban J connectivity index is 1.89. The second-order valence-electron chi connectivity index (χ2n) is 4.80. The lowest BCUT2D eigenvalue weighted by Crippen LogP contribution is -2.29. The fourth-order valence-electron chi connectivity index (χ4n) is 2.11. The van der Waals surface area contributed by atoms with Gasteiger partial charge in [-0.05, 0) is 36.1 Å². The molecule has 22 heavy (non-hydrogen) atoms. The fraction of sp³-hybridized carbons (Fsp3) is 0.125. The minimum atomic E-state index is -0.273. The lowest BCUT2D eigenvalue weighted by Gasteiger charge is -2.17. The minimum absolute atomic E-state index is 0.248. The van der Waals surface area contributed by atoms with Gasteiger partial charge in [0.05, 0.1) is 6.04 Å². The van der Waals surface area contributed by atoms with E-state index < -0.39 is 0 Å². The molecule has 1 N–H and O–H groups in total. The Morgan fingerprint density at radius 2 is 2.09 bits per heavy atom. The van der Waals surface area contributed by atoms with Gasteiger partial charge in [0.1, 0.15) is 5.76 Å². The van der Waals surface area contributed by atoms with E-state index in [0.717, 1.165) is 10.4 Å². The molecule has 0 spiro atoms. The van der Waals surface area contributed by atoms with Gasteiger partial charge in [0.2, 0.25) is 0 Å². The molecule has 1 aromatic carbocycles. The Kier molecular flexibility index (Phi) is 4.27. The normalized spacial score (nSPS) is 12.1. The van der Waals surface area contributed by atoms with Crippen LogP contribution in [0, 0.1) is 6.92 Å². The Bertz CT molecular complexity index is 766. The van der Waals surface area contributed by atoms with Crippen LogP contribution in [0.25, 0.3) is 0 Å². The van der Waals surface area contributed by atoms with Crippen molar-refractivity contribution in [2.45, 2.75) is 13.0 Å². The van der Waals surface area contributed by atoms with Gasteiger partial charge in [-0.3, -0.25) is 4.79 Å². The predicted molar refractivity (Wildman–Crippen MR) is 86.3 cm³/mol. The van der Waals surface area contributed by atoms with E-state index in [-0.39, 0.29) is 17.6 Å². The van der Waals surface area contributed by atoms with Gasteiger partial charge in [0.15, 0.2) is 5.69 Å². The molecule has 0 aliphatic carbocycles. The summed E-state index contributed by atoms with van der Waals surface area (Å²) in [7, 11) is 0. The molecule has 2 aromatic heterocycles. The van der Waals surface area contributed by atoms with Crippen molar-refractivity contribution >= 4 is 28.8 Å². The van der Waals surface area contributed by atoms with Gasteiger partial charge in [0.25, 0.3) is 5.91 Å². The molecule has 0 aliphatic heterocycles. The van der Waals surface area contributed by atoms with Gasteiger partial charge in [-0.1, -0.05) is 35.0 Å². The largest absolute Gasteiger partial charge is 0.361 e. The Hall–Kier alpha value is -2.11. The third-order valence-corrected chi connectivity index (χ3v) is 4.36. The van der Waals surface area contributed by atoms with Crippen molar-refractivity contribution in [3.05, 3.63) is 74.8 Å². The highest BCUT2D eigenvalue weighted by atomic mass is 35.5. The Morgan fingerprint density at radius 3 is 2.68 bits per heavy atom. The van der Waals surface area contributed by atoms with Gasteiger partial charge in [-0.2, -0.15) is 0 Å². The van der Waals surface area contributed by atoms with E-state index in [0.29, 0.717) is 10.8 Å². The van der Waals surface area contributed by atoms with E-state index in [4.69, 9.17) is 16.1 Å². The second kappa shape index (κ2) is 6.34. The number of aromatic nitrogens is 1. The summed E-state index contributed by atoms with van der Waals surface area (Å²) in [4.78, 5) is 13.4. The smallest absolute Gasteiger partial charge is 0.274 e. The molecule has 1 amide bonds. The number of hydrogen-bond acceptors (Lipinski definition) is 4. The highest BCUT2D eigenvalue weighted by molar-refractivity contribution is 7.10. The molecule has 0 radical (unpaired) electrons. The first-order chi connectivity index (χ1) is 10.6. The summed E-state index contributed by atoms with van der Waals surface area (Å²) in [5, 5.41) is 9.38. The molecule has 0 bridgehead atoms. The van der Waals surface area contributed by atoms with Crippen LogP contribution < -0.4 is 5.32 Å². The van der Waals surface area contributed by atoms with Crippen molar-refractivity contribution in [3.8, 4) is 0 Å². The van der Waals surface area contributed by atoms with Crippen LogP contribution in [0.3, 0.4) is 0 Å². The topological polar surface area (TPSA) is 55.1 Å². The van der Waals surface area contributed by atoms with Crippen LogP contribution in [-0.2, 0) is 0 Å². The number of aryl methyl sites for hydroxylation is 1. The van der Waals surface area contributed by atoms with Crippen molar-refractivity contribution in [1.29, 1.82) is 0 Å². The number of carbonyl (C=O) groups excluding carboxylic acids is 1. The van der Waals surface area contributed by atoms with Gasteiger partial charge in [0, 0.05) is 16.0 Å². The number of nitrogens with zero attached hydrogens (tertiary/aromatic N) is 1. The zero-order valence-electron chi connectivity index (χ0n) is 11.7. The third-order valence-electron chi connectivity index (χ3n) is 3.17.